The molecule has 0 aromatic heterocycles. The van der Waals surface area contributed by atoms with Gasteiger partial charge in [-0.25, -0.2) is 8.42 Å². The molecule has 0 saturated carbocycles. The minimum absolute atomic E-state index is 0.132. The van der Waals surface area contributed by atoms with Gasteiger partial charge in [0.15, 0.2) is 0 Å². The Morgan fingerprint density at radius 3 is 2.24 bits per heavy atom. The predicted octanol–water partition coefficient (Wildman–Crippen LogP) is 4.62. The molecule has 174 valence electrons. The van der Waals surface area contributed by atoms with Crippen molar-refractivity contribution in [1.82, 2.24) is 9.62 Å². The van der Waals surface area contributed by atoms with Gasteiger partial charge in [0, 0.05) is 13.1 Å². The maximum Gasteiger partial charge on any atom is 0.241 e. The van der Waals surface area contributed by atoms with Crippen LogP contribution >= 0.6 is 0 Å². The lowest BCUT2D eigenvalue weighted by Gasteiger charge is -2.35. The van der Waals surface area contributed by atoms with E-state index in [1.807, 2.05) is 49.1 Å². The van der Waals surface area contributed by atoms with Crippen molar-refractivity contribution in [2.24, 2.45) is 11.8 Å². The van der Waals surface area contributed by atoms with Crippen LogP contribution in [0.25, 0.3) is 10.8 Å². The minimum Gasteiger partial charge on any atom is -0.341 e. The molecule has 1 N–H and O–H groups in total. The maximum absolute atomic E-state index is 13.3. The number of nitrogens with zero attached hydrogens (tertiary/aromatic N) is 1. The fourth-order valence-electron chi connectivity index (χ4n) is 4.54. The number of hydrogen-bond acceptors (Lipinski definition) is 3. The molecule has 1 atom stereocenters. The number of carbonyl (C=O) groups excluding carboxylic acids is 1. The highest BCUT2D eigenvalue weighted by Gasteiger charge is 2.33. The molecule has 3 aromatic carbocycles. The van der Waals surface area contributed by atoms with Crippen molar-refractivity contribution in [2.75, 3.05) is 13.1 Å². The van der Waals surface area contributed by atoms with Crippen LogP contribution in [0.5, 0.6) is 0 Å². The average molecular weight is 465 g/mol. The number of sulfonamides is 1. The summed E-state index contributed by atoms with van der Waals surface area (Å²) in [4.78, 5) is 15.3. The van der Waals surface area contributed by atoms with Crippen molar-refractivity contribution >= 4 is 26.7 Å². The van der Waals surface area contributed by atoms with E-state index in [0.29, 0.717) is 19.0 Å². The van der Waals surface area contributed by atoms with Crippen molar-refractivity contribution in [3.8, 4) is 0 Å². The molecule has 5 nitrogen and oxygen atoms in total. The van der Waals surface area contributed by atoms with Gasteiger partial charge < -0.3 is 4.90 Å². The Bertz CT molecular complexity index is 1200. The molecule has 4 rings (SSSR count). The van der Waals surface area contributed by atoms with E-state index in [1.165, 1.54) is 5.56 Å². The maximum atomic E-state index is 13.3. The number of fused-ring (bicyclic) bond motifs is 1. The molecule has 33 heavy (non-hydrogen) atoms. The number of benzene rings is 3. The molecule has 1 aliphatic heterocycles. The highest BCUT2D eigenvalue weighted by Crippen LogP contribution is 2.24. The van der Waals surface area contributed by atoms with Crippen LogP contribution in [0.15, 0.2) is 77.7 Å². The summed E-state index contributed by atoms with van der Waals surface area (Å²) in [6.07, 6.45) is 2.89. The summed E-state index contributed by atoms with van der Waals surface area (Å²) in [7, 11) is -3.83. The highest BCUT2D eigenvalue weighted by atomic mass is 32.2. The predicted molar refractivity (Wildman–Crippen MR) is 132 cm³/mol. The van der Waals surface area contributed by atoms with E-state index in [-0.39, 0.29) is 16.7 Å². The molecule has 1 saturated heterocycles. The van der Waals surface area contributed by atoms with Gasteiger partial charge in [-0.15, -0.1) is 0 Å². The van der Waals surface area contributed by atoms with Crippen molar-refractivity contribution in [2.45, 2.75) is 44.0 Å². The van der Waals surface area contributed by atoms with E-state index in [2.05, 4.69) is 29.0 Å². The summed E-state index contributed by atoms with van der Waals surface area (Å²) in [6, 6.07) is 22.3. The monoisotopic (exact) mass is 464 g/mol. The van der Waals surface area contributed by atoms with Gasteiger partial charge in [-0.2, -0.15) is 4.72 Å². The molecule has 0 bridgehead atoms. The lowest BCUT2D eigenvalue weighted by atomic mass is 9.89. The minimum atomic E-state index is -3.83. The van der Waals surface area contributed by atoms with Crippen LogP contribution in [0.3, 0.4) is 0 Å². The first-order valence-corrected chi connectivity index (χ1v) is 13.2. The number of rotatable bonds is 7. The largest absolute Gasteiger partial charge is 0.341 e. The third-order valence-corrected chi connectivity index (χ3v) is 7.98. The Morgan fingerprint density at radius 2 is 1.58 bits per heavy atom. The lowest BCUT2D eigenvalue weighted by Crippen LogP contribution is -2.53. The van der Waals surface area contributed by atoms with Crippen molar-refractivity contribution in [1.29, 1.82) is 0 Å². The smallest absolute Gasteiger partial charge is 0.241 e. The molecule has 1 unspecified atom stereocenters. The highest BCUT2D eigenvalue weighted by molar-refractivity contribution is 7.89. The number of hydrogen-bond donors (Lipinski definition) is 1. The van der Waals surface area contributed by atoms with Crippen LogP contribution in [0, 0.1) is 11.8 Å². The van der Waals surface area contributed by atoms with Gasteiger partial charge in [0.05, 0.1) is 4.90 Å². The Balaban J connectivity index is 1.43. The molecular formula is C27H32N2O3S. The van der Waals surface area contributed by atoms with E-state index >= 15 is 0 Å². The molecule has 0 aliphatic carbocycles. The van der Waals surface area contributed by atoms with Gasteiger partial charge in [-0.3, -0.25) is 4.79 Å². The summed E-state index contributed by atoms with van der Waals surface area (Å²) in [5, 5.41) is 1.83. The molecule has 1 amide bonds. The normalized spacial score (nSPS) is 16.3. The molecule has 1 fully saturated rings. The van der Waals surface area contributed by atoms with Gasteiger partial charge >= 0.3 is 0 Å². The van der Waals surface area contributed by atoms with E-state index in [4.69, 9.17) is 0 Å². The molecule has 0 radical (unpaired) electrons. The first-order chi connectivity index (χ1) is 15.8. The Hall–Kier alpha value is -2.70. The summed E-state index contributed by atoms with van der Waals surface area (Å²) in [5.41, 5.74) is 1.32. The summed E-state index contributed by atoms with van der Waals surface area (Å²) in [6.45, 7) is 5.09. The fourth-order valence-corrected chi connectivity index (χ4v) is 5.92. The lowest BCUT2D eigenvalue weighted by molar-refractivity contribution is -0.135. The van der Waals surface area contributed by atoms with Gasteiger partial charge in [-0.1, -0.05) is 74.5 Å². The van der Waals surface area contributed by atoms with Gasteiger partial charge in [0.2, 0.25) is 15.9 Å². The molecular weight excluding hydrogens is 432 g/mol. The zero-order valence-corrected chi connectivity index (χ0v) is 20.1. The second-order valence-corrected chi connectivity index (χ2v) is 11.0. The zero-order chi connectivity index (χ0) is 23.4. The van der Waals surface area contributed by atoms with Crippen LogP contribution in [0.4, 0.5) is 0 Å². The number of piperidine rings is 1. The Kier molecular flexibility index (Phi) is 7.15. The summed E-state index contributed by atoms with van der Waals surface area (Å²) < 4.78 is 29.0. The second kappa shape index (κ2) is 10.1. The average Bonchev–Trinajstić information content (AvgIpc) is 2.83. The molecule has 6 heteroatoms. The Morgan fingerprint density at radius 1 is 0.939 bits per heavy atom. The number of carbonyl (C=O) groups is 1. The van der Waals surface area contributed by atoms with Gasteiger partial charge in [-0.05, 0) is 59.6 Å². The van der Waals surface area contributed by atoms with E-state index < -0.39 is 16.1 Å². The van der Waals surface area contributed by atoms with E-state index in [1.54, 1.807) is 18.2 Å². The molecule has 3 aromatic rings. The third kappa shape index (κ3) is 5.63. The summed E-state index contributed by atoms with van der Waals surface area (Å²) >= 11 is 0. The Labute approximate surface area is 196 Å². The van der Waals surface area contributed by atoms with Crippen LogP contribution in [0.2, 0.25) is 0 Å². The zero-order valence-electron chi connectivity index (χ0n) is 19.3. The topological polar surface area (TPSA) is 66.5 Å². The van der Waals surface area contributed by atoms with Crippen molar-refractivity contribution in [3.05, 3.63) is 78.4 Å². The van der Waals surface area contributed by atoms with Crippen LogP contribution in [-0.4, -0.2) is 38.4 Å². The quantitative estimate of drug-likeness (QED) is 0.555. The van der Waals surface area contributed by atoms with Gasteiger partial charge in [0.25, 0.3) is 0 Å². The summed E-state index contributed by atoms with van der Waals surface area (Å²) in [5.74, 6) is 0.255. The van der Waals surface area contributed by atoms with E-state index in [0.717, 1.165) is 30.0 Å². The van der Waals surface area contributed by atoms with Gasteiger partial charge in [0.1, 0.15) is 6.04 Å². The number of likely N-dealkylation sites (tertiary alicyclic amines) is 1. The van der Waals surface area contributed by atoms with Crippen molar-refractivity contribution < 1.29 is 13.2 Å². The standard InChI is InChI=1S/C27H32N2O3S/c1-20(2)26(28-33(31,32)25-13-12-23-10-6-7-11-24(23)19-25)27(30)29-16-14-22(15-17-29)18-21-8-4-3-5-9-21/h3-13,19-20,22,26,28H,14-18H2,1-2H3. The van der Waals surface area contributed by atoms with E-state index in [9.17, 15) is 13.2 Å². The van der Waals surface area contributed by atoms with Crippen molar-refractivity contribution in [3.63, 3.8) is 0 Å². The molecule has 0 spiro atoms. The second-order valence-electron chi connectivity index (χ2n) is 9.31. The molecule has 1 heterocycles. The SMILES string of the molecule is CC(C)C(NS(=O)(=O)c1ccc2ccccc2c1)C(=O)N1CCC(Cc2ccccc2)CC1. The number of nitrogens with one attached hydrogen (secondary N) is 1. The van der Waals surface area contributed by atoms with Crippen LogP contribution < -0.4 is 4.72 Å². The first-order valence-electron chi connectivity index (χ1n) is 11.7. The first kappa shape index (κ1) is 23.5. The van der Waals surface area contributed by atoms with Crippen LogP contribution in [0.1, 0.15) is 32.3 Å². The number of amides is 1. The fraction of sp³-hybridized carbons (Fsp3) is 0.370. The molecule has 1 aliphatic rings. The third-order valence-electron chi connectivity index (χ3n) is 6.54. The van der Waals surface area contributed by atoms with Crippen LogP contribution in [-0.2, 0) is 21.2 Å².